The lowest BCUT2D eigenvalue weighted by atomic mass is 10.2. The van der Waals surface area contributed by atoms with E-state index < -0.39 is 0 Å². The van der Waals surface area contributed by atoms with Gasteiger partial charge in [-0.3, -0.25) is 4.90 Å². The number of aliphatic hydroxyl groups excluding tert-OH is 2. The minimum atomic E-state index is -0.119. The first-order chi connectivity index (χ1) is 8.85. The lowest BCUT2D eigenvalue weighted by Gasteiger charge is -2.34. The topological polar surface area (TPSA) is 52.9 Å². The van der Waals surface area contributed by atoms with Crippen LogP contribution in [0.3, 0.4) is 0 Å². The Morgan fingerprint density at radius 1 is 1.50 bits per heavy atom. The van der Waals surface area contributed by atoms with Crippen LogP contribution in [0.15, 0.2) is 11.4 Å². The van der Waals surface area contributed by atoms with E-state index in [2.05, 4.69) is 16.7 Å². The molecule has 1 aromatic rings. The molecule has 98 valence electrons. The van der Waals surface area contributed by atoms with E-state index in [-0.39, 0.29) is 19.3 Å². The van der Waals surface area contributed by atoms with Crippen LogP contribution in [0.2, 0.25) is 0 Å². The van der Waals surface area contributed by atoms with Crippen LogP contribution in [0.5, 0.6) is 0 Å². The van der Waals surface area contributed by atoms with Crippen molar-refractivity contribution in [2.24, 2.45) is 0 Å². The van der Waals surface area contributed by atoms with Gasteiger partial charge in [0.05, 0.1) is 25.9 Å². The van der Waals surface area contributed by atoms with Crippen molar-refractivity contribution in [3.05, 3.63) is 21.9 Å². The number of hydrogen-bond donors (Lipinski definition) is 2. The molecular formula is C13H17NO3S. The number of aliphatic hydroxyl groups is 2. The zero-order valence-corrected chi connectivity index (χ0v) is 10.9. The maximum absolute atomic E-state index is 9.32. The smallest absolute Gasteiger partial charge is 0.104 e. The van der Waals surface area contributed by atoms with E-state index in [1.807, 2.05) is 11.4 Å². The predicted octanol–water partition coefficient (Wildman–Crippen LogP) is 0.285. The second-order valence-electron chi connectivity index (χ2n) is 4.10. The quantitative estimate of drug-likeness (QED) is 0.773. The second kappa shape index (κ2) is 6.88. The Morgan fingerprint density at radius 3 is 3.17 bits per heavy atom. The fourth-order valence-corrected chi connectivity index (χ4v) is 2.81. The first-order valence-corrected chi connectivity index (χ1v) is 6.82. The van der Waals surface area contributed by atoms with Crippen molar-refractivity contribution in [2.45, 2.75) is 12.6 Å². The van der Waals surface area contributed by atoms with E-state index in [0.717, 1.165) is 18.7 Å². The summed E-state index contributed by atoms with van der Waals surface area (Å²) in [5, 5.41) is 20.1. The first kappa shape index (κ1) is 13.5. The van der Waals surface area contributed by atoms with E-state index >= 15 is 0 Å². The van der Waals surface area contributed by atoms with Gasteiger partial charge >= 0.3 is 0 Å². The molecule has 0 spiro atoms. The Hall–Kier alpha value is -0.900. The summed E-state index contributed by atoms with van der Waals surface area (Å²) in [6, 6.07) is 2.04. The third-order valence-electron chi connectivity index (χ3n) is 2.95. The summed E-state index contributed by atoms with van der Waals surface area (Å²) < 4.78 is 5.36. The molecule has 1 aliphatic heterocycles. The fourth-order valence-electron chi connectivity index (χ4n) is 1.96. The van der Waals surface area contributed by atoms with Crippen LogP contribution >= 0.6 is 11.3 Å². The largest absolute Gasteiger partial charge is 0.395 e. The first-order valence-electron chi connectivity index (χ1n) is 5.94. The van der Waals surface area contributed by atoms with E-state index in [1.54, 1.807) is 11.3 Å². The third kappa shape index (κ3) is 3.31. The molecule has 1 aromatic heterocycles. The Balaban J connectivity index is 2.06. The van der Waals surface area contributed by atoms with Crippen LogP contribution in [0.1, 0.15) is 10.4 Å². The maximum Gasteiger partial charge on any atom is 0.104 e. The second-order valence-corrected chi connectivity index (χ2v) is 5.10. The molecule has 2 heterocycles. The van der Waals surface area contributed by atoms with Crippen LogP contribution in [0, 0.1) is 11.8 Å². The van der Waals surface area contributed by atoms with Gasteiger partial charge in [-0.2, -0.15) is 0 Å². The summed E-state index contributed by atoms with van der Waals surface area (Å²) in [5.41, 5.74) is 0.970. The minimum absolute atomic E-state index is 0.0690. The van der Waals surface area contributed by atoms with Gasteiger partial charge in [-0.1, -0.05) is 11.8 Å². The Labute approximate surface area is 111 Å². The molecule has 0 radical (unpaired) electrons. The van der Waals surface area contributed by atoms with Gasteiger partial charge in [-0.25, -0.2) is 0 Å². The molecule has 1 unspecified atom stereocenters. The number of thiophene rings is 1. The molecule has 0 bridgehead atoms. The van der Waals surface area contributed by atoms with Crippen molar-refractivity contribution in [1.82, 2.24) is 4.90 Å². The lowest BCUT2D eigenvalue weighted by molar-refractivity contribution is -0.0308. The van der Waals surface area contributed by atoms with Gasteiger partial charge in [0, 0.05) is 23.5 Å². The number of morpholine rings is 1. The number of ether oxygens (including phenoxy) is 1. The number of rotatable bonds is 3. The van der Waals surface area contributed by atoms with Crippen LogP contribution in [0.25, 0.3) is 0 Å². The third-order valence-corrected chi connectivity index (χ3v) is 3.86. The molecule has 1 aliphatic rings. The molecule has 1 saturated heterocycles. The molecule has 0 aliphatic carbocycles. The van der Waals surface area contributed by atoms with Gasteiger partial charge < -0.3 is 14.9 Å². The zero-order chi connectivity index (χ0) is 12.8. The van der Waals surface area contributed by atoms with Crippen molar-refractivity contribution in [2.75, 3.05) is 33.0 Å². The Morgan fingerprint density at radius 2 is 2.39 bits per heavy atom. The van der Waals surface area contributed by atoms with E-state index in [4.69, 9.17) is 9.84 Å². The summed E-state index contributed by atoms with van der Waals surface area (Å²) in [6.07, 6.45) is 0. The highest BCUT2D eigenvalue weighted by Gasteiger charge is 2.23. The monoisotopic (exact) mass is 267 g/mol. The summed E-state index contributed by atoms with van der Waals surface area (Å²) in [6.45, 7) is 2.89. The fraction of sp³-hybridized carbons (Fsp3) is 0.538. The highest BCUT2D eigenvalue weighted by Crippen LogP contribution is 2.20. The van der Waals surface area contributed by atoms with Gasteiger partial charge in [0.15, 0.2) is 0 Å². The molecule has 0 amide bonds. The van der Waals surface area contributed by atoms with Crippen molar-refractivity contribution < 1.29 is 14.9 Å². The molecule has 1 atom stereocenters. The average molecular weight is 267 g/mol. The van der Waals surface area contributed by atoms with E-state index in [9.17, 15) is 5.11 Å². The maximum atomic E-state index is 9.32. The molecule has 0 saturated carbocycles. The Kier molecular flexibility index (Phi) is 5.17. The molecule has 5 heteroatoms. The van der Waals surface area contributed by atoms with Crippen LogP contribution < -0.4 is 0 Å². The van der Waals surface area contributed by atoms with Crippen molar-refractivity contribution in [1.29, 1.82) is 0 Å². The van der Waals surface area contributed by atoms with E-state index in [1.165, 1.54) is 4.88 Å². The molecule has 18 heavy (non-hydrogen) atoms. The van der Waals surface area contributed by atoms with Gasteiger partial charge in [-0.15, -0.1) is 11.3 Å². The van der Waals surface area contributed by atoms with Crippen LogP contribution in [-0.4, -0.2) is 54.1 Å². The van der Waals surface area contributed by atoms with Crippen molar-refractivity contribution in [3.63, 3.8) is 0 Å². The zero-order valence-electron chi connectivity index (χ0n) is 10.1. The van der Waals surface area contributed by atoms with Gasteiger partial charge in [0.1, 0.15) is 6.61 Å². The van der Waals surface area contributed by atoms with Gasteiger partial charge in [0.2, 0.25) is 0 Å². The highest BCUT2D eigenvalue weighted by molar-refractivity contribution is 7.10. The summed E-state index contributed by atoms with van der Waals surface area (Å²) in [4.78, 5) is 3.40. The predicted molar refractivity (Wildman–Crippen MR) is 70.4 cm³/mol. The molecular weight excluding hydrogens is 250 g/mol. The standard InChI is InChI=1S/C13H17NO3S/c15-5-1-2-11-3-7-18-13(11)8-14-4-6-17-10-12(14)9-16/h3,7,12,15-16H,4-6,8-10H2. The summed E-state index contributed by atoms with van der Waals surface area (Å²) in [5.74, 6) is 5.63. The molecule has 0 aromatic carbocycles. The normalized spacial score (nSPS) is 20.4. The highest BCUT2D eigenvalue weighted by atomic mass is 32.1. The molecule has 2 N–H and O–H groups in total. The van der Waals surface area contributed by atoms with Crippen LogP contribution in [0.4, 0.5) is 0 Å². The van der Waals surface area contributed by atoms with Gasteiger partial charge in [-0.05, 0) is 11.4 Å². The SMILES string of the molecule is OCC#Cc1ccsc1CN1CCOCC1CO. The average Bonchev–Trinajstić information content (AvgIpc) is 2.84. The summed E-state index contributed by atoms with van der Waals surface area (Å²) in [7, 11) is 0. The van der Waals surface area contributed by atoms with Crippen molar-refractivity contribution >= 4 is 11.3 Å². The van der Waals surface area contributed by atoms with Gasteiger partial charge in [0.25, 0.3) is 0 Å². The van der Waals surface area contributed by atoms with E-state index in [0.29, 0.717) is 13.2 Å². The summed E-state index contributed by atoms with van der Waals surface area (Å²) >= 11 is 1.66. The minimum Gasteiger partial charge on any atom is -0.395 e. The van der Waals surface area contributed by atoms with Crippen LogP contribution in [-0.2, 0) is 11.3 Å². The Bertz CT molecular complexity index is 435. The molecule has 2 rings (SSSR count). The molecule has 1 fully saturated rings. The molecule has 4 nitrogen and oxygen atoms in total. The lowest BCUT2D eigenvalue weighted by Crippen LogP contribution is -2.46. The van der Waals surface area contributed by atoms with Crippen molar-refractivity contribution in [3.8, 4) is 11.8 Å². The number of hydrogen-bond acceptors (Lipinski definition) is 5. The number of nitrogens with zero attached hydrogens (tertiary/aromatic N) is 1.